The molecule has 2 aromatic rings. The van der Waals surface area contributed by atoms with Gasteiger partial charge in [0.05, 0.1) is 12.1 Å². The van der Waals surface area contributed by atoms with Gasteiger partial charge in [0.1, 0.15) is 0 Å². The van der Waals surface area contributed by atoms with E-state index in [4.69, 9.17) is 0 Å². The van der Waals surface area contributed by atoms with Gasteiger partial charge >= 0.3 is 6.18 Å². The maximum absolute atomic E-state index is 13.2. The number of rotatable bonds is 5. The van der Waals surface area contributed by atoms with Crippen LogP contribution in [0.1, 0.15) is 34.6 Å². The number of hydrogen-bond donors (Lipinski definition) is 1. The Bertz CT molecular complexity index is 940. The number of nitrogens with zero attached hydrogens (tertiary/aromatic N) is 1. The molecule has 3 rings (SSSR count). The van der Waals surface area contributed by atoms with Crippen molar-refractivity contribution < 1.29 is 22.8 Å². The Hall–Kier alpha value is -2.83. The van der Waals surface area contributed by atoms with Crippen LogP contribution in [0.3, 0.4) is 0 Å². The molecule has 1 saturated carbocycles. The molecule has 0 radical (unpaired) electrons. The van der Waals surface area contributed by atoms with Gasteiger partial charge in [-0.15, -0.1) is 0 Å². The average Bonchev–Trinajstić information content (AvgIpc) is 3.44. The Labute approximate surface area is 167 Å². The summed E-state index contributed by atoms with van der Waals surface area (Å²) in [5.41, 5.74) is 2.11. The van der Waals surface area contributed by atoms with Crippen LogP contribution in [-0.4, -0.2) is 30.3 Å². The molecule has 1 aliphatic carbocycles. The van der Waals surface area contributed by atoms with Crippen LogP contribution in [0.2, 0.25) is 0 Å². The van der Waals surface area contributed by atoms with Gasteiger partial charge in [0.25, 0.3) is 0 Å². The average molecular weight is 404 g/mol. The number of halogens is 3. The van der Waals surface area contributed by atoms with E-state index in [-0.39, 0.29) is 23.9 Å². The van der Waals surface area contributed by atoms with Crippen molar-refractivity contribution in [2.45, 2.75) is 32.4 Å². The van der Waals surface area contributed by atoms with Gasteiger partial charge in [-0.2, -0.15) is 13.2 Å². The molecule has 2 amide bonds. The van der Waals surface area contributed by atoms with Gasteiger partial charge in [0, 0.05) is 18.7 Å². The summed E-state index contributed by atoms with van der Waals surface area (Å²) in [6, 6.07) is 10.9. The largest absolute Gasteiger partial charge is 0.416 e. The van der Waals surface area contributed by atoms with Gasteiger partial charge in [-0.05, 0) is 55.0 Å². The fraction of sp³-hybridized carbons (Fsp3) is 0.364. The van der Waals surface area contributed by atoms with Crippen molar-refractivity contribution in [1.29, 1.82) is 0 Å². The van der Waals surface area contributed by atoms with E-state index in [9.17, 15) is 22.8 Å². The van der Waals surface area contributed by atoms with Crippen LogP contribution in [0.15, 0.2) is 42.5 Å². The third-order valence-corrected chi connectivity index (χ3v) is 5.41. The molecule has 29 heavy (non-hydrogen) atoms. The summed E-state index contributed by atoms with van der Waals surface area (Å²) >= 11 is 0. The first-order valence-corrected chi connectivity index (χ1v) is 9.36. The number of nitrogens with one attached hydrogen (secondary N) is 1. The number of benzene rings is 2. The highest BCUT2D eigenvalue weighted by Gasteiger charge is 2.48. The number of hydrogen-bond acceptors (Lipinski definition) is 2. The molecule has 4 nitrogen and oxygen atoms in total. The van der Waals surface area contributed by atoms with Crippen LogP contribution < -0.4 is 5.32 Å². The summed E-state index contributed by atoms with van der Waals surface area (Å²) in [6.07, 6.45) is -4.10. The molecule has 0 spiro atoms. The van der Waals surface area contributed by atoms with Crippen molar-refractivity contribution in [2.24, 2.45) is 5.92 Å². The Morgan fingerprint density at radius 3 is 2.48 bits per heavy atom. The van der Waals surface area contributed by atoms with Crippen molar-refractivity contribution in [3.8, 4) is 0 Å². The van der Waals surface area contributed by atoms with E-state index >= 15 is 0 Å². The molecule has 2 aromatic carbocycles. The highest BCUT2D eigenvalue weighted by atomic mass is 19.4. The lowest BCUT2D eigenvalue weighted by molar-refractivity contribution is -0.138. The lowest BCUT2D eigenvalue weighted by atomic mass is 10.0. The number of anilines is 1. The normalized spacial score (nSPS) is 18.3. The van der Waals surface area contributed by atoms with Gasteiger partial charge in [0.15, 0.2) is 0 Å². The van der Waals surface area contributed by atoms with E-state index in [1.165, 1.54) is 24.1 Å². The fourth-order valence-corrected chi connectivity index (χ4v) is 3.54. The van der Waals surface area contributed by atoms with Gasteiger partial charge in [-0.1, -0.05) is 30.3 Å². The molecular formula is C22H23F3N2O2. The summed E-state index contributed by atoms with van der Waals surface area (Å²) in [5.74, 6) is -1.66. The van der Waals surface area contributed by atoms with Crippen LogP contribution in [0.5, 0.6) is 0 Å². The van der Waals surface area contributed by atoms with Crippen LogP contribution in [0.25, 0.3) is 0 Å². The smallest absolute Gasteiger partial charge is 0.336 e. The number of aryl methyl sites for hydroxylation is 1. The highest BCUT2D eigenvalue weighted by molar-refractivity contribution is 5.96. The predicted octanol–water partition coefficient (Wildman–Crippen LogP) is 4.52. The molecule has 0 aliphatic heterocycles. The minimum Gasteiger partial charge on any atom is -0.336 e. The maximum atomic E-state index is 13.2. The molecule has 2 unspecified atom stereocenters. The van der Waals surface area contributed by atoms with E-state index in [0.29, 0.717) is 12.1 Å². The summed E-state index contributed by atoms with van der Waals surface area (Å²) < 4.78 is 39.6. The first-order chi connectivity index (χ1) is 13.6. The molecule has 0 aromatic heterocycles. The highest BCUT2D eigenvalue weighted by Crippen LogP contribution is 2.51. The summed E-state index contributed by atoms with van der Waals surface area (Å²) in [7, 11) is 1.50. The Morgan fingerprint density at radius 2 is 1.79 bits per heavy atom. The van der Waals surface area contributed by atoms with Gasteiger partial charge in [-0.25, -0.2) is 0 Å². The lowest BCUT2D eigenvalue weighted by Gasteiger charge is -2.18. The summed E-state index contributed by atoms with van der Waals surface area (Å²) in [5, 5.41) is 2.79. The Morgan fingerprint density at radius 1 is 1.10 bits per heavy atom. The Kier molecular flexibility index (Phi) is 5.68. The molecule has 0 saturated heterocycles. The zero-order valence-corrected chi connectivity index (χ0v) is 16.5. The first kappa shape index (κ1) is 20.9. The maximum Gasteiger partial charge on any atom is 0.416 e. The second-order valence-electron chi connectivity index (χ2n) is 7.52. The topological polar surface area (TPSA) is 49.4 Å². The molecule has 1 fully saturated rings. The molecule has 2 atom stereocenters. The van der Waals surface area contributed by atoms with Crippen LogP contribution in [0.4, 0.5) is 18.9 Å². The van der Waals surface area contributed by atoms with Gasteiger partial charge in [0.2, 0.25) is 11.8 Å². The van der Waals surface area contributed by atoms with E-state index in [1.807, 2.05) is 26.0 Å². The van der Waals surface area contributed by atoms with Gasteiger partial charge in [-0.3, -0.25) is 9.59 Å². The van der Waals surface area contributed by atoms with E-state index in [2.05, 4.69) is 5.32 Å². The van der Waals surface area contributed by atoms with E-state index in [0.717, 1.165) is 17.2 Å². The molecule has 1 N–H and O–H groups in total. The standard InChI is InChI=1S/C22H23F3N2O2/c1-13-7-6-10-19(14(13)2)26-20(28)12-27(3)21(29)17-11-16(17)15-8-4-5-9-18(15)22(23,24)25/h4-10,16-17H,11-12H2,1-3H3,(H,26,28). The van der Waals surface area contributed by atoms with E-state index < -0.39 is 23.6 Å². The predicted molar refractivity (Wildman–Crippen MR) is 104 cm³/mol. The molecule has 0 heterocycles. The molecular weight excluding hydrogens is 381 g/mol. The first-order valence-electron chi connectivity index (χ1n) is 9.36. The quantitative estimate of drug-likeness (QED) is 0.797. The second kappa shape index (κ2) is 7.89. The summed E-state index contributed by atoms with van der Waals surface area (Å²) in [4.78, 5) is 26.2. The zero-order valence-electron chi connectivity index (χ0n) is 16.5. The molecule has 1 aliphatic rings. The van der Waals surface area contributed by atoms with Crippen molar-refractivity contribution in [2.75, 3.05) is 18.9 Å². The molecule has 0 bridgehead atoms. The lowest BCUT2D eigenvalue weighted by Crippen LogP contribution is -2.36. The van der Waals surface area contributed by atoms with Crippen molar-refractivity contribution in [1.82, 2.24) is 4.90 Å². The second-order valence-corrected chi connectivity index (χ2v) is 7.52. The van der Waals surface area contributed by atoms with Crippen molar-refractivity contribution in [3.63, 3.8) is 0 Å². The number of likely N-dealkylation sites (N-methyl/N-ethyl adjacent to an activating group) is 1. The van der Waals surface area contributed by atoms with Crippen LogP contribution >= 0.6 is 0 Å². The Balaban J connectivity index is 1.62. The van der Waals surface area contributed by atoms with E-state index in [1.54, 1.807) is 12.1 Å². The monoisotopic (exact) mass is 404 g/mol. The van der Waals surface area contributed by atoms with Gasteiger partial charge < -0.3 is 10.2 Å². The van der Waals surface area contributed by atoms with Crippen LogP contribution in [0, 0.1) is 19.8 Å². The minimum absolute atomic E-state index is 0.145. The zero-order chi connectivity index (χ0) is 21.3. The number of carbonyl (C=O) groups excluding carboxylic acids is 2. The molecule has 154 valence electrons. The minimum atomic E-state index is -4.45. The number of amides is 2. The molecule has 7 heteroatoms. The van der Waals surface area contributed by atoms with Crippen molar-refractivity contribution in [3.05, 3.63) is 64.7 Å². The van der Waals surface area contributed by atoms with Crippen LogP contribution in [-0.2, 0) is 15.8 Å². The number of carbonyl (C=O) groups is 2. The fourth-order valence-electron chi connectivity index (χ4n) is 3.54. The van der Waals surface area contributed by atoms with Crippen molar-refractivity contribution >= 4 is 17.5 Å². The summed E-state index contributed by atoms with van der Waals surface area (Å²) in [6.45, 7) is 3.68. The number of alkyl halides is 3. The third-order valence-electron chi connectivity index (χ3n) is 5.41. The SMILES string of the molecule is Cc1cccc(NC(=O)CN(C)C(=O)C2CC2c2ccccc2C(F)(F)F)c1C. The third kappa shape index (κ3) is 4.60.